The lowest BCUT2D eigenvalue weighted by Gasteiger charge is -2.38. The average molecular weight is 453 g/mol. The maximum absolute atomic E-state index is 14.2. The van der Waals surface area contributed by atoms with Crippen LogP contribution in [0, 0.1) is 11.6 Å². The number of ether oxygens (including phenoxy) is 1. The highest BCUT2D eigenvalue weighted by molar-refractivity contribution is 6.01. The van der Waals surface area contributed by atoms with Crippen molar-refractivity contribution in [1.82, 2.24) is 9.97 Å². The number of hydrogen-bond acceptors (Lipinski definition) is 7. The monoisotopic (exact) mass is 453 g/mol. The van der Waals surface area contributed by atoms with Crippen molar-refractivity contribution >= 4 is 17.2 Å². The standard InChI is InChI=1S/C24H25F2N5O2/c1-33-22-8-10-31(13-18(22)28)20-7-9-29-12-14(20)11-21(32)24-17(27)5-6-19(30-24)23-15(25)3-2-4-16(23)26/h2-7,9,12,18,22H,8,10-11,13,27-28H2,1H3. The van der Waals surface area contributed by atoms with E-state index >= 15 is 0 Å². The molecule has 1 aromatic carbocycles. The Morgan fingerprint density at radius 1 is 1.21 bits per heavy atom. The number of nitrogen functional groups attached to an aromatic ring is 1. The fraction of sp³-hybridized carbons (Fsp3) is 0.292. The minimum absolute atomic E-state index is 0.00201. The van der Waals surface area contributed by atoms with Crippen molar-refractivity contribution in [2.75, 3.05) is 30.8 Å². The van der Waals surface area contributed by atoms with Crippen LogP contribution < -0.4 is 16.4 Å². The second-order valence-corrected chi connectivity index (χ2v) is 8.01. The van der Waals surface area contributed by atoms with E-state index in [1.54, 1.807) is 19.5 Å². The van der Waals surface area contributed by atoms with Gasteiger partial charge in [-0.25, -0.2) is 13.8 Å². The van der Waals surface area contributed by atoms with Crippen molar-refractivity contribution in [1.29, 1.82) is 0 Å². The highest BCUT2D eigenvalue weighted by atomic mass is 19.1. The molecule has 2 atom stereocenters. The lowest BCUT2D eigenvalue weighted by Crippen LogP contribution is -2.52. The summed E-state index contributed by atoms with van der Waals surface area (Å²) in [6.45, 7) is 1.30. The Morgan fingerprint density at radius 3 is 2.67 bits per heavy atom. The summed E-state index contributed by atoms with van der Waals surface area (Å²) in [5, 5.41) is 0. The fourth-order valence-corrected chi connectivity index (χ4v) is 4.17. The number of piperidine rings is 1. The number of Topliss-reactive ketones (excluding diaryl/α,β-unsaturated/α-hetero) is 1. The number of benzene rings is 1. The summed E-state index contributed by atoms with van der Waals surface area (Å²) < 4.78 is 33.9. The van der Waals surface area contributed by atoms with Crippen molar-refractivity contribution in [2.45, 2.75) is 25.0 Å². The Morgan fingerprint density at radius 2 is 1.97 bits per heavy atom. The van der Waals surface area contributed by atoms with Gasteiger partial charge in [-0.1, -0.05) is 6.07 Å². The largest absolute Gasteiger partial charge is 0.397 e. The number of halogens is 2. The number of aromatic nitrogens is 2. The molecule has 0 spiro atoms. The first-order valence-corrected chi connectivity index (χ1v) is 10.6. The van der Waals surface area contributed by atoms with E-state index in [2.05, 4.69) is 14.9 Å². The number of carbonyl (C=O) groups excluding carboxylic acids is 1. The molecule has 1 fully saturated rings. The number of methoxy groups -OCH3 is 1. The van der Waals surface area contributed by atoms with Gasteiger partial charge in [-0.2, -0.15) is 0 Å². The summed E-state index contributed by atoms with van der Waals surface area (Å²) in [5.74, 6) is -1.91. The van der Waals surface area contributed by atoms with E-state index in [1.807, 2.05) is 6.07 Å². The normalized spacial score (nSPS) is 18.4. The Hall–Kier alpha value is -3.43. The molecule has 0 amide bonds. The Labute approximate surface area is 190 Å². The summed E-state index contributed by atoms with van der Waals surface area (Å²) in [6.07, 6.45) is 4.00. The molecule has 2 unspecified atom stereocenters. The predicted octanol–water partition coefficient (Wildman–Crippen LogP) is 2.98. The van der Waals surface area contributed by atoms with Gasteiger partial charge in [0.05, 0.1) is 23.0 Å². The number of hydrogen-bond donors (Lipinski definition) is 2. The molecule has 1 saturated heterocycles. The minimum Gasteiger partial charge on any atom is -0.397 e. The first kappa shape index (κ1) is 22.8. The summed E-state index contributed by atoms with van der Waals surface area (Å²) in [7, 11) is 1.65. The Balaban J connectivity index is 1.61. The van der Waals surface area contributed by atoms with E-state index in [4.69, 9.17) is 16.2 Å². The van der Waals surface area contributed by atoms with Crippen molar-refractivity contribution in [2.24, 2.45) is 5.73 Å². The zero-order valence-electron chi connectivity index (χ0n) is 18.2. The highest BCUT2D eigenvalue weighted by Gasteiger charge is 2.28. The van der Waals surface area contributed by atoms with Crippen LogP contribution in [-0.4, -0.2) is 48.1 Å². The fourth-order valence-electron chi connectivity index (χ4n) is 4.17. The van der Waals surface area contributed by atoms with Crippen molar-refractivity contribution in [3.05, 3.63) is 71.7 Å². The molecule has 0 saturated carbocycles. The molecule has 3 aromatic rings. The van der Waals surface area contributed by atoms with Gasteiger partial charge in [-0.3, -0.25) is 9.78 Å². The zero-order chi connectivity index (χ0) is 23.5. The van der Waals surface area contributed by atoms with Gasteiger partial charge in [0.25, 0.3) is 0 Å². The minimum atomic E-state index is -0.768. The summed E-state index contributed by atoms with van der Waals surface area (Å²) >= 11 is 0. The molecule has 4 N–H and O–H groups in total. The summed E-state index contributed by atoms with van der Waals surface area (Å²) in [4.78, 5) is 23.6. The van der Waals surface area contributed by atoms with Crippen LogP contribution in [0.3, 0.4) is 0 Å². The zero-order valence-corrected chi connectivity index (χ0v) is 18.2. The molecule has 7 nitrogen and oxygen atoms in total. The smallest absolute Gasteiger partial charge is 0.187 e. The molecule has 2 aromatic heterocycles. The molecular formula is C24H25F2N5O2. The third-order valence-electron chi connectivity index (χ3n) is 5.87. The number of rotatable bonds is 6. The molecule has 9 heteroatoms. The average Bonchev–Trinajstić information content (AvgIpc) is 2.80. The van der Waals surface area contributed by atoms with Gasteiger partial charge in [0.2, 0.25) is 0 Å². The van der Waals surface area contributed by atoms with Gasteiger partial charge < -0.3 is 21.1 Å². The molecular weight excluding hydrogens is 428 g/mol. The van der Waals surface area contributed by atoms with Gasteiger partial charge in [0.1, 0.15) is 17.3 Å². The van der Waals surface area contributed by atoms with Gasteiger partial charge in [-0.05, 0) is 36.8 Å². The second kappa shape index (κ2) is 9.60. The van der Waals surface area contributed by atoms with Crippen LogP contribution in [0.1, 0.15) is 22.5 Å². The van der Waals surface area contributed by atoms with Crippen molar-refractivity contribution < 1.29 is 18.3 Å². The van der Waals surface area contributed by atoms with Gasteiger partial charge in [0.15, 0.2) is 5.78 Å². The quantitative estimate of drug-likeness (QED) is 0.553. The number of anilines is 2. The highest BCUT2D eigenvalue weighted by Crippen LogP contribution is 2.28. The molecule has 1 aliphatic rings. The number of nitrogens with zero attached hydrogens (tertiary/aromatic N) is 3. The molecule has 4 rings (SSSR count). The summed E-state index contributed by atoms with van der Waals surface area (Å²) in [6, 6.07) is 8.04. The molecule has 1 aliphatic heterocycles. The molecule has 0 aliphatic carbocycles. The van der Waals surface area contributed by atoms with Crippen LogP contribution in [0.15, 0.2) is 48.8 Å². The SMILES string of the molecule is COC1CCN(c2ccncc2CC(=O)c2nc(-c3c(F)cccc3F)ccc2N)CC1N. The van der Waals surface area contributed by atoms with E-state index in [0.717, 1.165) is 30.8 Å². The number of pyridine rings is 2. The van der Waals surface area contributed by atoms with E-state index < -0.39 is 11.6 Å². The van der Waals surface area contributed by atoms with Crippen molar-refractivity contribution in [3.63, 3.8) is 0 Å². The maximum atomic E-state index is 14.2. The van der Waals surface area contributed by atoms with Crippen LogP contribution in [0.4, 0.5) is 20.2 Å². The first-order valence-electron chi connectivity index (χ1n) is 10.6. The van der Waals surface area contributed by atoms with Crippen LogP contribution in [0.2, 0.25) is 0 Å². The number of carbonyl (C=O) groups is 1. The van der Waals surface area contributed by atoms with Crippen molar-refractivity contribution in [3.8, 4) is 11.3 Å². The van der Waals surface area contributed by atoms with Crippen LogP contribution in [-0.2, 0) is 11.2 Å². The lowest BCUT2D eigenvalue weighted by molar-refractivity contribution is 0.0664. The van der Waals surface area contributed by atoms with E-state index in [-0.39, 0.29) is 47.0 Å². The number of nitrogens with two attached hydrogens (primary N) is 2. The van der Waals surface area contributed by atoms with E-state index in [1.165, 1.54) is 18.2 Å². The van der Waals surface area contributed by atoms with Crippen LogP contribution >= 0.6 is 0 Å². The third-order valence-corrected chi connectivity index (χ3v) is 5.87. The second-order valence-electron chi connectivity index (χ2n) is 8.01. The third kappa shape index (κ3) is 4.69. The number of ketones is 1. The molecule has 0 radical (unpaired) electrons. The van der Waals surface area contributed by atoms with Gasteiger partial charge in [-0.15, -0.1) is 0 Å². The summed E-state index contributed by atoms with van der Waals surface area (Å²) in [5.41, 5.74) is 13.6. The molecule has 3 heterocycles. The van der Waals surface area contributed by atoms with Crippen LogP contribution in [0.5, 0.6) is 0 Å². The van der Waals surface area contributed by atoms with E-state index in [9.17, 15) is 13.6 Å². The maximum Gasteiger partial charge on any atom is 0.187 e. The van der Waals surface area contributed by atoms with E-state index in [0.29, 0.717) is 12.1 Å². The molecule has 33 heavy (non-hydrogen) atoms. The lowest BCUT2D eigenvalue weighted by atomic mass is 9.99. The predicted molar refractivity (Wildman–Crippen MR) is 122 cm³/mol. The topological polar surface area (TPSA) is 107 Å². The molecule has 172 valence electrons. The molecule has 0 bridgehead atoms. The first-order chi connectivity index (χ1) is 15.9. The van der Waals surface area contributed by atoms with Crippen LogP contribution in [0.25, 0.3) is 11.3 Å². The Kier molecular flexibility index (Phi) is 6.62. The Bertz CT molecular complexity index is 1150. The van der Waals surface area contributed by atoms with Gasteiger partial charge in [0, 0.05) is 56.3 Å². The van der Waals surface area contributed by atoms with Gasteiger partial charge >= 0.3 is 0 Å².